The minimum absolute atomic E-state index is 0.0442. The predicted molar refractivity (Wildman–Crippen MR) is 109 cm³/mol. The molecule has 0 saturated heterocycles. The van der Waals surface area contributed by atoms with Crippen molar-refractivity contribution >= 4 is 16.9 Å². The number of hydrogen-bond acceptors (Lipinski definition) is 4. The summed E-state index contributed by atoms with van der Waals surface area (Å²) in [6.45, 7) is 3.81. The Bertz CT molecular complexity index is 1350. The molecule has 5 rings (SSSR count). The molecular weight excluding hydrogens is 385 g/mol. The van der Waals surface area contributed by atoms with Crippen LogP contribution in [0.15, 0.2) is 68.4 Å². The van der Waals surface area contributed by atoms with Crippen molar-refractivity contribution in [2.24, 2.45) is 0 Å². The Labute approximate surface area is 171 Å². The lowest BCUT2D eigenvalue weighted by Gasteiger charge is -2.24. The fraction of sp³-hybridized carbons (Fsp3) is 0.167. The lowest BCUT2D eigenvalue weighted by molar-refractivity contribution is 0.0699. The van der Waals surface area contributed by atoms with Crippen molar-refractivity contribution in [3.8, 4) is 0 Å². The summed E-state index contributed by atoms with van der Waals surface area (Å²) < 4.78 is 26.2. The molecule has 2 aromatic heterocycles. The SMILES string of the molecule is Cc1cc(C)c2c(=O)c3c(oc2c1)C(=O)N(Cc1ccco1)[C@@H]3c1ccccc1F. The van der Waals surface area contributed by atoms with Gasteiger partial charge < -0.3 is 13.7 Å². The zero-order valence-corrected chi connectivity index (χ0v) is 16.4. The van der Waals surface area contributed by atoms with E-state index in [1.54, 1.807) is 36.4 Å². The Morgan fingerprint density at radius 3 is 2.60 bits per heavy atom. The van der Waals surface area contributed by atoms with Crippen LogP contribution < -0.4 is 5.43 Å². The number of amides is 1. The van der Waals surface area contributed by atoms with Crippen LogP contribution in [0.3, 0.4) is 0 Å². The quantitative estimate of drug-likeness (QED) is 0.489. The second-order valence-corrected chi connectivity index (χ2v) is 7.57. The normalized spacial score (nSPS) is 15.8. The Morgan fingerprint density at radius 2 is 1.87 bits per heavy atom. The van der Waals surface area contributed by atoms with Gasteiger partial charge in [0.2, 0.25) is 5.76 Å². The first-order chi connectivity index (χ1) is 14.5. The first-order valence-corrected chi connectivity index (χ1v) is 9.61. The van der Waals surface area contributed by atoms with E-state index in [0.717, 1.165) is 11.1 Å². The highest BCUT2D eigenvalue weighted by Crippen LogP contribution is 2.40. The van der Waals surface area contributed by atoms with Gasteiger partial charge in [-0.15, -0.1) is 0 Å². The van der Waals surface area contributed by atoms with Crippen LogP contribution in [0.25, 0.3) is 11.0 Å². The van der Waals surface area contributed by atoms with Crippen LogP contribution in [0.1, 0.15) is 44.6 Å². The van der Waals surface area contributed by atoms with Crippen molar-refractivity contribution in [3.05, 3.63) is 105 Å². The number of carbonyl (C=O) groups is 1. The molecule has 1 amide bonds. The van der Waals surface area contributed by atoms with Crippen molar-refractivity contribution in [2.75, 3.05) is 0 Å². The minimum Gasteiger partial charge on any atom is -0.467 e. The number of furan rings is 1. The zero-order chi connectivity index (χ0) is 21.0. The molecule has 150 valence electrons. The average Bonchev–Trinajstić information content (AvgIpc) is 3.30. The molecule has 0 saturated carbocycles. The predicted octanol–water partition coefficient (Wildman–Crippen LogP) is 4.89. The summed E-state index contributed by atoms with van der Waals surface area (Å²) in [7, 11) is 0. The van der Waals surface area contributed by atoms with Gasteiger partial charge in [0.25, 0.3) is 5.91 Å². The van der Waals surface area contributed by atoms with E-state index in [9.17, 15) is 14.0 Å². The molecule has 30 heavy (non-hydrogen) atoms. The average molecular weight is 403 g/mol. The molecule has 6 heteroatoms. The van der Waals surface area contributed by atoms with Gasteiger partial charge in [-0.25, -0.2) is 4.39 Å². The van der Waals surface area contributed by atoms with Gasteiger partial charge in [-0.1, -0.05) is 24.3 Å². The molecule has 0 bridgehead atoms. The molecule has 0 fully saturated rings. The number of fused-ring (bicyclic) bond motifs is 2. The lowest BCUT2D eigenvalue weighted by atomic mass is 9.96. The number of aryl methyl sites for hydroxylation is 2. The molecule has 0 spiro atoms. The van der Waals surface area contributed by atoms with Gasteiger partial charge in [0.15, 0.2) is 5.43 Å². The highest BCUT2D eigenvalue weighted by atomic mass is 19.1. The van der Waals surface area contributed by atoms with Crippen LogP contribution in [-0.4, -0.2) is 10.8 Å². The van der Waals surface area contributed by atoms with Crippen molar-refractivity contribution in [1.29, 1.82) is 0 Å². The molecule has 0 N–H and O–H groups in total. The second kappa shape index (κ2) is 6.69. The van der Waals surface area contributed by atoms with E-state index >= 15 is 0 Å². The molecule has 0 radical (unpaired) electrons. The number of halogens is 1. The van der Waals surface area contributed by atoms with Crippen molar-refractivity contribution < 1.29 is 18.0 Å². The maximum absolute atomic E-state index is 14.8. The third-order valence-corrected chi connectivity index (χ3v) is 5.52. The van der Waals surface area contributed by atoms with Gasteiger partial charge in [0.05, 0.1) is 29.8 Å². The maximum atomic E-state index is 14.8. The number of carbonyl (C=O) groups excluding carboxylic acids is 1. The summed E-state index contributed by atoms with van der Waals surface area (Å²) in [5, 5.41) is 0.410. The second-order valence-electron chi connectivity index (χ2n) is 7.57. The molecular formula is C24H18FNO4. The monoisotopic (exact) mass is 403 g/mol. The molecule has 4 aromatic rings. The molecule has 1 aliphatic heterocycles. The largest absolute Gasteiger partial charge is 0.467 e. The van der Waals surface area contributed by atoms with E-state index in [1.165, 1.54) is 17.2 Å². The van der Waals surface area contributed by atoms with E-state index in [2.05, 4.69) is 0 Å². The summed E-state index contributed by atoms with van der Waals surface area (Å²) >= 11 is 0. The topological polar surface area (TPSA) is 63.7 Å². The van der Waals surface area contributed by atoms with E-state index in [1.807, 2.05) is 19.9 Å². The Hall–Kier alpha value is -3.67. The fourth-order valence-electron chi connectivity index (χ4n) is 4.27. The molecule has 0 unspecified atom stereocenters. The Kier molecular flexibility index (Phi) is 4.10. The highest BCUT2D eigenvalue weighted by Gasteiger charge is 2.44. The number of benzene rings is 2. The van der Waals surface area contributed by atoms with Gasteiger partial charge in [0, 0.05) is 5.56 Å². The van der Waals surface area contributed by atoms with Gasteiger partial charge in [-0.2, -0.15) is 0 Å². The standard InChI is InChI=1S/C24H18FNO4/c1-13-10-14(2)19-18(11-13)30-23-20(22(19)27)21(16-7-3-4-8-17(16)25)26(24(23)28)12-15-6-5-9-29-15/h3-11,21H,12H2,1-2H3/t21-/m1/s1. The van der Waals surface area contributed by atoms with Gasteiger partial charge in [-0.05, 0) is 49.2 Å². The van der Waals surface area contributed by atoms with E-state index in [0.29, 0.717) is 16.7 Å². The van der Waals surface area contributed by atoms with Gasteiger partial charge in [0.1, 0.15) is 17.2 Å². The highest BCUT2D eigenvalue weighted by molar-refractivity contribution is 5.99. The molecule has 1 atom stereocenters. The first kappa shape index (κ1) is 18.4. The summed E-state index contributed by atoms with van der Waals surface area (Å²) in [6.07, 6.45) is 1.50. The number of nitrogens with zero attached hydrogens (tertiary/aromatic N) is 1. The summed E-state index contributed by atoms with van der Waals surface area (Å²) in [4.78, 5) is 28.3. The van der Waals surface area contributed by atoms with Crippen LogP contribution in [0.2, 0.25) is 0 Å². The molecule has 3 heterocycles. The summed E-state index contributed by atoms with van der Waals surface area (Å²) in [6, 6.07) is 12.3. The van der Waals surface area contributed by atoms with Crippen LogP contribution in [0.5, 0.6) is 0 Å². The van der Waals surface area contributed by atoms with Crippen LogP contribution >= 0.6 is 0 Å². The maximum Gasteiger partial charge on any atom is 0.291 e. The van der Waals surface area contributed by atoms with Crippen LogP contribution in [-0.2, 0) is 6.54 Å². The first-order valence-electron chi connectivity index (χ1n) is 9.61. The third-order valence-electron chi connectivity index (χ3n) is 5.52. The van der Waals surface area contributed by atoms with Gasteiger partial charge >= 0.3 is 0 Å². The van der Waals surface area contributed by atoms with E-state index < -0.39 is 17.8 Å². The molecule has 2 aromatic carbocycles. The van der Waals surface area contributed by atoms with E-state index in [4.69, 9.17) is 8.83 Å². The van der Waals surface area contributed by atoms with Crippen LogP contribution in [0.4, 0.5) is 4.39 Å². The summed E-state index contributed by atoms with van der Waals surface area (Å²) in [5.74, 6) is -0.473. The Balaban J connectivity index is 1.80. The van der Waals surface area contributed by atoms with Crippen molar-refractivity contribution in [1.82, 2.24) is 4.90 Å². The number of hydrogen-bond donors (Lipinski definition) is 0. The molecule has 1 aliphatic rings. The van der Waals surface area contributed by atoms with Crippen molar-refractivity contribution in [3.63, 3.8) is 0 Å². The lowest BCUT2D eigenvalue weighted by Crippen LogP contribution is -2.29. The summed E-state index contributed by atoms with van der Waals surface area (Å²) in [5.41, 5.74) is 2.13. The molecule has 0 aliphatic carbocycles. The Morgan fingerprint density at radius 1 is 1.07 bits per heavy atom. The third kappa shape index (κ3) is 2.68. The molecule has 5 nitrogen and oxygen atoms in total. The van der Waals surface area contributed by atoms with E-state index in [-0.39, 0.29) is 28.9 Å². The zero-order valence-electron chi connectivity index (χ0n) is 16.4. The minimum atomic E-state index is -0.903. The smallest absolute Gasteiger partial charge is 0.291 e. The van der Waals surface area contributed by atoms with Crippen LogP contribution in [0, 0.1) is 19.7 Å². The van der Waals surface area contributed by atoms with Crippen molar-refractivity contribution in [2.45, 2.75) is 26.4 Å². The fourth-order valence-corrected chi connectivity index (χ4v) is 4.27. The van der Waals surface area contributed by atoms with Gasteiger partial charge in [-0.3, -0.25) is 9.59 Å². The number of rotatable bonds is 3.